The number of rotatable bonds is 5. The van der Waals surface area contributed by atoms with Gasteiger partial charge in [-0.15, -0.1) is 11.3 Å². The molecule has 1 amide bonds. The Bertz CT molecular complexity index is 428. The second kappa shape index (κ2) is 5.77. The van der Waals surface area contributed by atoms with Gasteiger partial charge in [-0.05, 0) is 20.3 Å². The van der Waals surface area contributed by atoms with E-state index in [4.69, 9.17) is 5.11 Å². The number of carboxylic acids is 1. The number of amides is 1. The molecule has 0 aliphatic heterocycles. The molecule has 17 heavy (non-hydrogen) atoms. The highest BCUT2D eigenvalue weighted by Gasteiger charge is 2.17. The van der Waals surface area contributed by atoms with E-state index in [1.54, 1.807) is 11.9 Å². The summed E-state index contributed by atoms with van der Waals surface area (Å²) in [5.41, 5.74) is 0.739. The molecule has 0 aliphatic carbocycles. The summed E-state index contributed by atoms with van der Waals surface area (Å²) < 4.78 is 0. The lowest BCUT2D eigenvalue weighted by Gasteiger charge is -2.15. The summed E-state index contributed by atoms with van der Waals surface area (Å²) >= 11 is 1.37. The van der Waals surface area contributed by atoms with Gasteiger partial charge in [0.25, 0.3) is 5.91 Å². The highest BCUT2D eigenvalue weighted by molar-refractivity contribution is 7.13. The molecule has 1 aromatic heterocycles. The van der Waals surface area contributed by atoms with Crippen molar-refractivity contribution in [3.8, 4) is 0 Å². The van der Waals surface area contributed by atoms with Crippen molar-refractivity contribution >= 4 is 23.2 Å². The van der Waals surface area contributed by atoms with E-state index in [0.29, 0.717) is 17.8 Å². The predicted octanol–water partition coefficient (Wildman–Crippen LogP) is 1.70. The maximum atomic E-state index is 12.0. The van der Waals surface area contributed by atoms with Crippen LogP contribution in [-0.2, 0) is 4.79 Å². The summed E-state index contributed by atoms with van der Waals surface area (Å²) in [7, 11) is 1.68. The molecular weight excluding hydrogens is 240 g/mol. The van der Waals surface area contributed by atoms with Gasteiger partial charge in [0.15, 0.2) is 0 Å². The molecule has 0 aromatic carbocycles. The molecule has 0 saturated carbocycles. The first-order chi connectivity index (χ1) is 7.91. The third-order valence-corrected chi connectivity index (χ3v) is 3.39. The lowest BCUT2D eigenvalue weighted by molar-refractivity contribution is -0.137. The lowest BCUT2D eigenvalue weighted by atomic mass is 10.3. The zero-order valence-electron chi connectivity index (χ0n) is 10.2. The number of hydrogen-bond donors (Lipinski definition) is 1. The summed E-state index contributed by atoms with van der Waals surface area (Å²) in [5, 5.41) is 9.38. The van der Waals surface area contributed by atoms with Gasteiger partial charge in [-0.2, -0.15) is 0 Å². The lowest BCUT2D eigenvalue weighted by Crippen LogP contribution is -2.27. The van der Waals surface area contributed by atoms with E-state index in [1.807, 2.05) is 13.8 Å². The first-order valence-electron chi connectivity index (χ1n) is 5.33. The summed E-state index contributed by atoms with van der Waals surface area (Å²) in [6, 6.07) is 0. The van der Waals surface area contributed by atoms with E-state index in [2.05, 4.69) is 4.98 Å². The van der Waals surface area contributed by atoms with Crippen LogP contribution in [0.2, 0.25) is 0 Å². The smallest absolute Gasteiger partial charge is 0.303 e. The largest absolute Gasteiger partial charge is 0.481 e. The van der Waals surface area contributed by atoms with E-state index in [9.17, 15) is 9.59 Å². The molecule has 1 rings (SSSR count). The molecule has 1 N–H and O–H groups in total. The topological polar surface area (TPSA) is 70.5 Å². The van der Waals surface area contributed by atoms with Gasteiger partial charge in [0.05, 0.1) is 10.7 Å². The molecule has 0 radical (unpaired) electrons. The zero-order chi connectivity index (χ0) is 13.0. The first-order valence-corrected chi connectivity index (χ1v) is 6.14. The third kappa shape index (κ3) is 3.81. The number of carboxylic acid groups (broad SMARTS) is 1. The fraction of sp³-hybridized carbons (Fsp3) is 0.545. The Morgan fingerprint density at radius 1 is 1.41 bits per heavy atom. The Labute approximate surface area is 104 Å². The Balaban J connectivity index is 2.57. The van der Waals surface area contributed by atoms with Crippen LogP contribution in [0.3, 0.4) is 0 Å². The number of nitrogens with zero attached hydrogens (tertiary/aromatic N) is 2. The highest BCUT2D eigenvalue weighted by atomic mass is 32.1. The predicted molar refractivity (Wildman–Crippen MR) is 65.4 cm³/mol. The van der Waals surface area contributed by atoms with Crippen LogP contribution in [0.25, 0.3) is 0 Å². The second-order valence-corrected chi connectivity index (χ2v) is 5.07. The van der Waals surface area contributed by atoms with Gasteiger partial charge in [0.2, 0.25) is 0 Å². The van der Waals surface area contributed by atoms with Crippen LogP contribution < -0.4 is 0 Å². The van der Waals surface area contributed by atoms with Crippen LogP contribution in [0, 0.1) is 13.8 Å². The minimum absolute atomic E-state index is 0.0817. The SMILES string of the molecule is Cc1nc(C)c(C(=O)N(C)CCCC(=O)O)s1. The van der Waals surface area contributed by atoms with Crippen LogP contribution in [-0.4, -0.2) is 40.5 Å². The van der Waals surface area contributed by atoms with Gasteiger partial charge in [-0.25, -0.2) is 4.98 Å². The van der Waals surface area contributed by atoms with Crippen LogP contribution in [0.4, 0.5) is 0 Å². The molecule has 6 heteroatoms. The molecule has 1 heterocycles. The van der Waals surface area contributed by atoms with E-state index >= 15 is 0 Å². The van der Waals surface area contributed by atoms with Crippen molar-refractivity contribution in [2.75, 3.05) is 13.6 Å². The van der Waals surface area contributed by atoms with E-state index in [0.717, 1.165) is 10.7 Å². The first kappa shape index (κ1) is 13.6. The number of aliphatic carboxylic acids is 1. The maximum absolute atomic E-state index is 12.0. The van der Waals surface area contributed by atoms with Gasteiger partial charge in [-0.3, -0.25) is 9.59 Å². The van der Waals surface area contributed by atoms with Crippen molar-refractivity contribution in [2.45, 2.75) is 26.7 Å². The van der Waals surface area contributed by atoms with E-state index < -0.39 is 5.97 Å². The van der Waals surface area contributed by atoms with Crippen LogP contribution in [0.5, 0.6) is 0 Å². The van der Waals surface area contributed by atoms with Crippen molar-refractivity contribution in [1.82, 2.24) is 9.88 Å². The van der Waals surface area contributed by atoms with Gasteiger partial charge < -0.3 is 10.0 Å². The van der Waals surface area contributed by atoms with E-state index in [1.165, 1.54) is 11.3 Å². The Morgan fingerprint density at radius 3 is 2.53 bits per heavy atom. The number of carbonyl (C=O) groups is 2. The summed E-state index contributed by atoms with van der Waals surface area (Å²) in [4.78, 5) is 28.8. The fourth-order valence-corrected chi connectivity index (χ4v) is 2.39. The minimum atomic E-state index is -0.837. The third-order valence-electron chi connectivity index (χ3n) is 2.33. The standard InChI is InChI=1S/C11H16N2O3S/c1-7-10(17-8(2)12-7)11(16)13(3)6-4-5-9(14)15/h4-6H2,1-3H3,(H,14,15). The molecular formula is C11H16N2O3S. The van der Waals surface area contributed by atoms with Crippen molar-refractivity contribution in [2.24, 2.45) is 0 Å². The monoisotopic (exact) mass is 256 g/mol. The molecule has 94 valence electrons. The molecule has 1 aromatic rings. The Kier molecular flexibility index (Phi) is 4.62. The van der Waals surface area contributed by atoms with Crippen LogP contribution in [0.15, 0.2) is 0 Å². The quantitative estimate of drug-likeness (QED) is 0.870. The van der Waals surface area contributed by atoms with Crippen molar-refractivity contribution in [3.63, 3.8) is 0 Å². The number of aryl methyl sites for hydroxylation is 2. The summed E-state index contributed by atoms with van der Waals surface area (Å²) in [6.07, 6.45) is 0.548. The molecule has 0 atom stereocenters. The average molecular weight is 256 g/mol. The molecule has 0 aliphatic rings. The average Bonchev–Trinajstić information content (AvgIpc) is 2.56. The van der Waals surface area contributed by atoms with E-state index in [-0.39, 0.29) is 12.3 Å². The highest BCUT2D eigenvalue weighted by Crippen LogP contribution is 2.18. The van der Waals surface area contributed by atoms with Gasteiger partial charge >= 0.3 is 5.97 Å². The van der Waals surface area contributed by atoms with Gasteiger partial charge in [0, 0.05) is 20.0 Å². The second-order valence-electron chi connectivity index (χ2n) is 3.87. The Hall–Kier alpha value is -1.43. The molecule has 0 bridgehead atoms. The zero-order valence-corrected chi connectivity index (χ0v) is 11.0. The summed E-state index contributed by atoms with van der Waals surface area (Å²) in [5.74, 6) is -0.922. The summed E-state index contributed by atoms with van der Waals surface area (Å²) in [6.45, 7) is 4.11. The van der Waals surface area contributed by atoms with Gasteiger partial charge in [-0.1, -0.05) is 0 Å². The fourth-order valence-electron chi connectivity index (χ4n) is 1.47. The molecule has 0 saturated heterocycles. The molecule has 0 unspecified atom stereocenters. The number of thiazole rings is 1. The maximum Gasteiger partial charge on any atom is 0.303 e. The van der Waals surface area contributed by atoms with Crippen LogP contribution in [0.1, 0.15) is 33.2 Å². The normalized spacial score (nSPS) is 10.3. The number of hydrogen-bond acceptors (Lipinski definition) is 4. The van der Waals surface area contributed by atoms with Crippen molar-refractivity contribution in [3.05, 3.63) is 15.6 Å². The Morgan fingerprint density at radius 2 is 2.06 bits per heavy atom. The number of aromatic nitrogens is 1. The van der Waals surface area contributed by atoms with Crippen molar-refractivity contribution < 1.29 is 14.7 Å². The molecule has 0 spiro atoms. The molecule has 0 fully saturated rings. The number of carbonyl (C=O) groups excluding carboxylic acids is 1. The minimum Gasteiger partial charge on any atom is -0.481 e. The van der Waals surface area contributed by atoms with Crippen molar-refractivity contribution in [1.29, 1.82) is 0 Å². The van der Waals surface area contributed by atoms with Crippen LogP contribution >= 0.6 is 11.3 Å². The van der Waals surface area contributed by atoms with Gasteiger partial charge in [0.1, 0.15) is 4.88 Å². The molecule has 5 nitrogen and oxygen atoms in total.